The van der Waals surface area contributed by atoms with Gasteiger partial charge in [0.1, 0.15) is 12.3 Å². The molecule has 0 spiro atoms. The van der Waals surface area contributed by atoms with E-state index in [2.05, 4.69) is 15.6 Å². The number of aromatic nitrogens is 2. The Labute approximate surface area is 170 Å². The highest BCUT2D eigenvalue weighted by Gasteiger charge is 2.16. The molecule has 29 heavy (non-hydrogen) atoms. The summed E-state index contributed by atoms with van der Waals surface area (Å²) in [5.41, 5.74) is 2.34. The van der Waals surface area contributed by atoms with Gasteiger partial charge in [0.2, 0.25) is 0 Å². The summed E-state index contributed by atoms with van der Waals surface area (Å²) in [6, 6.07) is 11.3. The van der Waals surface area contributed by atoms with Crippen molar-refractivity contribution in [3.05, 3.63) is 54.5 Å². The maximum absolute atomic E-state index is 12.3. The topological polar surface area (TPSA) is 76.9 Å². The number of anilines is 1. The predicted molar refractivity (Wildman–Crippen MR) is 112 cm³/mol. The lowest BCUT2D eigenvalue weighted by Gasteiger charge is -2.23. The molecule has 0 aliphatic heterocycles. The number of methoxy groups -OCH3 is 1. The second-order valence-corrected chi connectivity index (χ2v) is 7.29. The summed E-state index contributed by atoms with van der Waals surface area (Å²) < 4.78 is 13.3. The average molecular weight is 394 g/mol. The number of nitrogens with zero attached hydrogens (tertiary/aromatic N) is 2. The molecule has 2 aromatic heterocycles. The largest absolute Gasteiger partial charge is 0.493 e. The van der Waals surface area contributed by atoms with Crippen molar-refractivity contribution in [2.75, 3.05) is 12.4 Å². The molecule has 0 radical (unpaired) electrons. The van der Waals surface area contributed by atoms with Crippen LogP contribution in [0, 0.1) is 0 Å². The lowest BCUT2D eigenvalue weighted by Crippen LogP contribution is -2.39. The normalized spacial score (nSPS) is 14.5. The lowest BCUT2D eigenvalue weighted by atomic mass is 9.96. The van der Waals surface area contributed by atoms with Gasteiger partial charge in [-0.3, -0.25) is 0 Å². The van der Waals surface area contributed by atoms with Crippen molar-refractivity contribution in [3.63, 3.8) is 0 Å². The molecule has 2 heterocycles. The van der Waals surface area contributed by atoms with E-state index in [1.807, 2.05) is 35.0 Å². The van der Waals surface area contributed by atoms with Gasteiger partial charge in [-0.15, -0.1) is 0 Å². The Bertz CT molecular complexity index is 946. The third-order valence-corrected chi connectivity index (χ3v) is 5.15. The Morgan fingerprint density at radius 3 is 2.83 bits per heavy atom. The van der Waals surface area contributed by atoms with E-state index in [1.165, 1.54) is 19.3 Å². The van der Waals surface area contributed by atoms with Crippen molar-refractivity contribution >= 4 is 17.4 Å². The van der Waals surface area contributed by atoms with Gasteiger partial charge in [0.05, 0.1) is 12.8 Å². The van der Waals surface area contributed by atoms with Gasteiger partial charge in [0, 0.05) is 30.2 Å². The number of urea groups is 1. The fraction of sp³-hybridized carbons (Fsp3) is 0.364. The molecular weight excluding hydrogens is 368 g/mol. The van der Waals surface area contributed by atoms with Crippen LogP contribution < -0.4 is 20.1 Å². The van der Waals surface area contributed by atoms with Crippen molar-refractivity contribution in [1.82, 2.24) is 14.7 Å². The van der Waals surface area contributed by atoms with Gasteiger partial charge < -0.3 is 24.5 Å². The first kappa shape index (κ1) is 19.1. The fourth-order valence-electron chi connectivity index (χ4n) is 3.68. The van der Waals surface area contributed by atoms with Crippen LogP contribution in [0.5, 0.6) is 11.5 Å². The molecule has 0 unspecified atom stereocenters. The highest BCUT2D eigenvalue weighted by atomic mass is 16.5. The minimum atomic E-state index is -0.187. The smallest absolute Gasteiger partial charge is 0.319 e. The molecule has 4 rings (SSSR count). The van der Waals surface area contributed by atoms with E-state index >= 15 is 0 Å². The lowest BCUT2D eigenvalue weighted by molar-refractivity contribution is 0.244. The van der Waals surface area contributed by atoms with Gasteiger partial charge in [0.15, 0.2) is 11.5 Å². The molecule has 1 aliphatic carbocycles. The van der Waals surface area contributed by atoms with Gasteiger partial charge in [-0.2, -0.15) is 0 Å². The number of carbonyl (C=O) groups is 1. The molecule has 7 heteroatoms. The molecular formula is C22H26N4O3. The van der Waals surface area contributed by atoms with Crippen molar-refractivity contribution < 1.29 is 14.3 Å². The summed E-state index contributed by atoms with van der Waals surface area (Å²) >= 11 is 0. The Hall–Kier alpha value is -3.22. The maximum atomic E-state index is 12.3. The zero-order valence-electron chi connectivity index (χ0n) is 16.6. The third-order valence-electron chi connectivity index (χ3n) is 5.15. The minimum Gasteiger partial charge on any atom is -0.493 e. The first-order valence-electron chi connectivity index (χ1n) is 10.0. The standard InChI is InChI=1S/C22H26N4O3/c1-28-19-11-10-17(25-22(27)24-16-7-3-2-4-8-16)13-20(19)29-15-18-14-26-12-6-5-9-21(26)23-18/h5-6,9-14,16H,2-4,7-8,15H2,1H3,(H2,24,25,27). The SMILES string of the molecule is COc1ccc(NC(=O)NC2CCCCC2)cc1OCc1cn2ccccc2n1. The summed E-state index contributed by atoms with van der Waals surface area (Å²) in [5.74, 6) is 1.16. The first-order valence-corrected chi connectivity index (χ1v) is 10.0. The van der Waals surface area contributed by atoms with Gasteiger partial charge in [-0.1, -0.05) is 25.3 Å². The van der Waals surface area contributed by atoms with Crippen LogP contribution in [-0.2, 0) is 6.61 Å². The number of nitrogens with one attached hydrogen (secondary N) is 2. The number of rotatable bonds is 6. The minimum absolute atomic E-state index is 0.187. The zero-order chi connectivity index (χ0) is 20.1. The summed E-state index contributed by atoms with van der Waals surface area (Å²) in [4.78, 5) is 16.9. The number of carbonyl (C=O) groups excluding carboxylic acids is 1. The number of hydrogen-bond acceptors (Lipinski definition) is 4. The van der Waals surface area contributed by atoms with E-state index in [4.69, 9.17) is 9.47 Å². The number of imidazole rings is 1. The number of amides is 2. The number of fused-ring (bicyclic) bond motifs is 1. The molecule has 1 saturated carbocycles. The third kappa shape index (κ3) is 4.80. The summed E-state index contributed by atoms with van der Waals surface area (Å²) in [6.45, 7) is 0.301. The van der Waals surface area contributed by atoms with Crippen LogP contribution in [0.15, 0.2) is 48.8 Å². The van der Waals surface area contributed by atoms with Crippen LogP contribution in [0.25, 0.3) is 5.65 Å². The molecule has 1 aromatic carbocycles. The van der Waals surface area contributed by atoms with Gasteiger partial charge in [-0.25, -0.2) is 9.78 Å². The molecule has 2 amide bonds. The Kier molecular flexibility index (Phi) is 5.84. The van der Waals surface area contributed by atoms with Gasteiger partial charge >= 0.3 is 6.03 Å². The zero-order valence-corrected chi connectivity index (χ0v) is 16.6. The van der Waals surface area contributed by atoms with E-state index in [0.29, 0.717) is 23.8 Å². The molecule has 0 atom stereocenters. The maximum Gasteiger partial charge on any atom is 0.319 e. The molecule has 1 fully saturated rings. The number of benzene rings is 1. The van der Waals surface area contributed by atoms with Gasteiger partial charge in [0.25, 0.3) is 0 Å². The molecule has 2 N–H and O–H groups in total. The highest BCUT2D eigenvalue weighted by Crippen LogP contribution is 2.31. The van der Waals surface area contributed by atoms with E-state index in [-0.39, 0.29) is 12.1 Å². The molecule has 152 valence electrons. The quantitative estimate of drug-likeness (QED) is 0.651. The average Bonchev–Trinajstić information content (AvgIpc) is 3.16. The van der Waals surface area contributed by atoms with Crippen molar-refractivity contribution in [1.29, 1.82) is 0 Å². The summed E-state index contributed by atoms with van der Waals surface area (Å²) in [7, 11) is 1.59. The summed E-state index contributed by atoms with van der Waals surface area (Å²) in [6.07, 6.45) is 9.57. The fourth-order valence-corrected chi connectivity index (χ4v) is 3.68. The molecule has 7 nitrogen and oxygen atoms in total. The van der Waals surface area contributed by atoms with E-state index in [0.717, 1.165) is 24.2 Å². The second-order valence-electron chi connectivity index (χ2n) is 7.29. The molecule has 0 saturated heterocycles. The van der Waals surface area contributed by atoms with Crippen molar-refractivity contribution in [2.24, 2.45) is 0 Å². The Morgan fingerprint density at radius 2 is 2.03 bits per heavy atom. The monoisotopic (exact) mass is 394 g/mol. The van der Waals surface area contributed by atoms with Crippen LogP contribution >= 0.6 is 0 Å². The second kappa shape index (κ2) is 8.86. The van der Waals surface area contributed by atoms with Crippen LogP contribution in [0.4, 0.5) is 10.5 Å². The van der Waals surface area contributed by atoms with Gasteiger partial charge in [-0.05, 0) is 37.1 Å². The first-order chi connectivity index (χ1) is 14.2. The van der Waals surface area contributed by atoms with Crippen LogP contribution in [0.1, 0.15) is 37.8 Å². The van der Waals surface area contributed by atoms with Crippen molar-refractivity contribution in [3.8, 4) is 11.5 Å². The van der Waals surface area contributed by atoms with Crippen LogP contribution in [0.3, 0.4) is 0 Å². The molecule has 0 bridgehead atoms. The Balaban J connectivity index is 1.41. The molecule has 3 aromatic rings. The molecule has 1 aliphatic rings. The Morgan fingerprint density at radius 1 is 1.17 bits per heavy atom. The van der Waals surface area contributed by atoms with Crippen molar-refractivity contribution in [2.45, 2.75) is 44.8 Å². The van der Waals surface area contributed by atoms with Crippen LogP contribution in [-0.4, -0.2) is 28.6 Å². The number of hydrogen-bond donors (Lipinski definition) is 2. The van der Waals surface area contributed by atoms with E-state index in [9.17, 15) is 4.79 Å². The van der Waals surface area contributed by atoms with Crippen LogP contribution in [0.2, 0.25) is 0 Å². The van der Waals surface area contributed by atoms with E-state index in [1.54, 1.807) is 25.3 Å². The highest BCUT2D eigenvalue weighted by molar-refractivity contribution is 5.89. The number of ether oxygens (including phenoxy) is 2. The number of pyridine rings is 1. The van der Waals surface area contributed by atoms with E-state index < -0.39 is 0 Å². The predicted octanol–water partition coefficient (Wildman–Crippen LogP) is 4.38. The summed E-state index contributed by atoms with van der Waals surface area (Å²) in [5, 5.41) is 5.95.